The zero-order chi connectivity index (χ0) is 23.6. The molecule has 0 N–H and O–H groups in total. The molecular weight excluding hydrogens is 398 g/mol. The lowest BCUT2D eigenvalue weighted by molar-refractivity contribution is 0.0881. The summed E-state index contributed by atoms with van der Waals surface area (Å²) in [5.41, 5.74) is 2.20. The first-order valence-electron chi connectivity index (χ1n) is 12.5. The number of benzene rings is 1. The molecule has 1 heterocycles. The number of unbranched alkanes of at least 4 members (excludes halogenated alkanes) is 8. The third-order valence-corrected chi connectivity index (χ3v) is 5.67. The lowest BCUT2D eigenvalue weighted by Gasteiger charge is -2.19. The van der Waals surface area contributed by atoms with E-state index in [4.69, 9.17) is 4.74 Å². The molecule has 0 saturated heterocycles. The Morgan fingerprint density at radius 3 is 2.03 bits per heavy atom. The maximum absolute atomic E-state index is 13.0. The van der Waals surface area contributed by atoms with Crippen molar-refractivity contribution in [3.63, 3.8) is 0 Å². The van der Waals surface area contributed by atoms with E-state index in [-0.39, 0.29) is 23.4 Å². The van der Waals surface area contributed by atoms with Gasteiger partial charge in [0.2, 0.25) is 5.91 Å². The zero-order valence-electron chi connectivity index (χ0n) is 21.1. The summed E-state index contributed by atoms with van der Waals surface area (Å²) in [6.07, 6.45) is 11.5. The molecule has 5 heteroatoms. The Kier molecular flexibility index (Phi) is 10.4. The summed E-state index contributed by atoms with van der Waals surface area (Å²) in [5.74, 6) is 0.538. The van der Waals surface area contributed by atoms with Crippen LogP contribution < -0.4 is 4.74 Å². The van der Waals surface area contributed by atoms with Gasteiger partial charge < -0.3 is 4.74 Å². The molecule has 0 radical (unpaired) electrons. The number of hydrogen-bond acceptors (Lipinski definition) is 4. The highest BCUT2D eigenvalue weighted by molar-refractivity contribution is 5.82. The van der Waals surface area contributed by atoms with Gasteiger partial charge in [-0.1, -0.05) is 103 Å². The molecule has 0 bridgehead atoms. The van der Waals surface area contributed by atoms with Gasteiger partial charge in [0.15, 0.2) is 5.82 Å². The van der Waals surface area contributed by atoms with Crippen LogP contribution in [0.5, 0.6) is 6.01 Å². The van der Waals surface area contributed by atoms with Gasteiger partial charge in [0.25, 0.3) is 0 Å². The van der Waals surface area contributed by atoms with E-state index in [2.05, 4.69) is 49.9 Å². The predicted molar refractivity (Wildman–Crippen MR) is 132 cm³/mol. The van der Waals surface area contributed by atoms with Crippen LogP contribution in [0.3, 0.4) is 0 Å². The minimum atomic E-state index is -0.0469. The standard InChI is InChI=1S/C27H43N3O2/c1-7-8-9-10-11-12-13-14-15-16-24(31)30-25(28-26(29-30)32-21(2)3)22-17-19-23(20-18-22)27(4,5)6/h17-21H,7-16H2,1-6H3. The van der Waals surface area contributed by atoms with Crippen LogP contribution in [0.4, 0.5) is 0 Å². The van der Waals surface area contributed by atoms with E-state index >= 15 is 0 Å². The average molecular weight is 442 g/mol. The predicted octanol–water partition coefficient (Wildman–Crippen LogP) is 7.59. The summed E-state index contributed by atoms with van der Waals surface area (Å²) in [6.45, 7) is 12.7. The largest absolute Gasteiger partial charge is 0.460 e. The Balaban J connectivity index is 2.00. The van der Waals surface area contributed by atoms with Crippen LogP contribution in [-0.4, -0.2) is 26.8 Å². The van der Waals surface area contributed by atoms with E-state index in [0.717, 1.165) is 18.4 Å². The Bertz CT molecular complexity index is 816. The molecule has 0 atom stereocenters. The summed E-state index contributed by atoms with van der Waals surface area (Å²) in [5, 5.41) is 4.39. The maximum Gasteiger partial charge on any atom is 0.336 e. The fourth-order valence-electron chi connectivity index (χ4n) is 3.73. The lowest BCUT2D eigenvalue weighted by Crippen LogP contribution is -2.15. The van der Waals surface area contributed by atoms with Crippen molar-refractivity contribution in [3.05, 3.63) is 29.8 Å². The van der Waals surface area contributed by atoms with Crippen molar-refractivity contribution in [2.75, 3.05) is 0 Å². The molecular formula is C27H43N3O2. The van der Waals surface area contributed by atoms with Crippen molar-refractivity contribution in [2.45, 2.75) is 117 Å². The minimum absolute atomic E-state index is 0.0195. The van der Waals surface area contributed by atoms with E-state index in [1.165, 1.54) is 55.2 Å². The molecule has 0 saturated carbocycles. The Morgan fingerprint density at radius 1 is 0.938 bits per heavy atom. The highest BCUT2D eigenvalue weighted by Crippen LogP contribution is 2.27. The number of nitrogens with zero attached hydrogens (tertiary/aromatic N) is 3. The van der Waals surface area contributed by atoms with E-state index in [1.807, 2.05) is 26.0 Å². The van der Waals surface area contributed by atoms with Gasteiger partial charge >= 0.3 is 6.01 Å². The van der Waals surface area contributed by atoms with Gasteiger partial charge in [0, 0.05) is 12.0 Å². The summed E-state index contributed by atoms with van der Waals surface area (Å²) in [6, 6.07) is 8.50. The van der Waals surface area contributed by atoms with Crippen LogP contribution in [-0.2, 0) is 5.41 Å². The van der Waals surface area contributed by atoms with Crippen molar-refractivity contribution in [3.8, 4) is 17.4 Å². The second-order valence-corrected chi connectivity index (χ2v) is 10.1. The number of carbonyl (C=O) groups is 1. The molecule has 32 heavy (non-hydrogen) atoms. The van der Waals surface area contributed by atoms with Crippen molar-refractivity contribution in [1.29, 1.82) is 0 Å². The number of hydrogen-bond donors (Lipinski definition) is 0. The SMILES string of the molecule is CCCCCCCCCCCC(=O)n1nc(OC(C)C)nc1-c1ccc(C(C)(C)C)cc1. The molecule has 1 aromatic heterocycles. The van der Waals surface area contributed by atoms with Crippen LogP contribution in [0.15, 0.2) is 24.3 Å². The van der Waals surface area contributed by atoms with Crippen molar-refractivity contribution in [2.24, 2.45) is 0 Å². The molecule has 0 fully saturated rings. The van der Waals surface area contributed by atoms with Gasteiger partial charge in [0.1, 0.15) is 0 Å². The molecule has 2 aromatic rings. The first-order valence-corrected chi connectivity index (χ1v) is 12.5. The van der Waals surface area contributed by atoms with E-state index in [9.17, 15) is 4.79 Å². The second kappa shape index (κ2) is 12.8. The van der Waals surface area contributed by atoms with E-state index in [0.29, 0.717) is 12.2 Å². The number of carbonyl (C=O) groups excluding carboxylic acids is 1. The molecule has 2 rings (SSSR count). The maximum atomic E-state index is 13.0. The Hall–Kier alpha value is -2.17. The third-order valence-electron chi connectivity index (χ3n) is 5.67. The van der Waals surface area contributed by atoms with Crippen LogP contribution in [0.25, 0.3) is 11.4 Å². The summed E-state index contributed by atoms with van der Waals surface area (Å²) < 4.78 is 7.13. The van der Waals surface area contributed by atoms with Crippen molar-refractivity contribution in [1.82, 2.24) is 14.8 Å². The molecule has 0 aliphatic rings. The van der Waals surface area contributed by atoms with Gasteiger partial charge in [-0.25, -0.2) is 0 Å². The molecule has 0 aliphatic carbocycles. The Morgan fingerprint density at radius 2 is 1.50 bits per heavy atom. The lowest BCUT2D eigenvalue weighted by atomic mass is 9.87. The molecule has 178 valence electrons. The zero-order valence-corrected chi connectivity index (χ0v) is 21.1. The molecule has 5 nitrogen and oxygen atoms in total. The van der Waals surface area contributed by atoms with Crippen molar-refractivity contribution < 1.29 is 9.53 Å². The minimum Gasteiger partial charge on any atom is -0.460 e. The smallest absolute Gasteiger partial charge is 0.336 e. The third kappa shape index (κ3) is 8.40. The summed E-state index contributed by atoms with van der Waals surface area (Å²) in [4.78, 5) is 17.5. The quantitative estimate of drug-likeness (QED) is 0.300. The summed E-state index contributed by atoms with van der Waals surface area (Å²) in [7, 11) is 0. The van der Waals surface area contributed by atoms with Gasteiger partial charge in [0.05, 0.1) is 6.10 Å². The van der Waals surface area contributed by atoms with Crippen LogP contribution >= 0.6 is 0 Å². The first kappa shape index (κ1) is 26.1. The molecule has 0 amide bonds. The molecule has 0 spiro atoms. The number of rotatable bonds is 13. The number of ether oxygens (including phenoxy) is 1. The number of aromatic nitrogens is 3. The first-order chi connectivity index (χ1) is 15.2. The monoisotopic (exact) mass is 441 g/mol. The molecule has 1 aromatic carbocycles. The normalized spacial score (nSPS) is 11.8. The Labute approximate surface area is 195 Å². The van der Waals surface area contributed by atoms with Crippen molar-refractivity contribution >= 4 is 5.91 Å². The van der Waals surface area contributed by atoms with Crippen LogP contribution in [0.1, 0.15) is 116 Å². The summed E-state index contributed by atoms with van der Waals surface area (Å²) >= 11 is 0. The van der Waals surface area contributed by atoms with Gasteiger partial charge in [-0.05, 0) is 31.2 Å². The van der Waals surface area contributed by atoms with E-state index < -0.39 is 0 Å². The van der Waals surface area contributed by atoms with Gasteiger partial charge in [-0.2, -0.15) is 9.67 Å². The highest BCUT2D eigenvalue weighted by Gasteiger charge is 2.20. The fraction of sp³-hybridized carbons (Fsp3) is 0.667. The van der Waals surface area contributed by atoms with Gasteiger partial charge in [-0.15, -0.1) is 5.10 Å². The van der Waals surface area contributed by atoms with Crippen LogP contribution in [0.2, 0.25) is 0 Å². The fourth-order valence-corrected chi connectivity index (χ4v) is 3.73. The topological polar surface area (TPSA) is 57.0 Å². The average Bonchev–Trinajstić information content (AvgIpc) is 3.15. The van der Waals surface area contributed by atoms with E-state index in [1.54, 1.807) is 0 Å². The molecule has 0 unspecified atom stereocenters. The van der Waals surface area contributed by atoms with Gasteiger partial charge in [-0.3, -0.25) is 4.79 Å². The van der Waals surface area contributed by atoms with Crippen LogP contribution in [0, 0.1) is 0 Å². The second-order valence-electron chi connectivity index (χ2n) is 10.1. The molecule has 0 aliphatic heterocycles. The highest BCUT2D eigenvalue weighted by atomic mass is 16.5.